The predicted octanol–water partition coefficient (Wildman–Crippen LogP) is 14.5. The number of phenolic OH excluding ortho intramolecular Hbond substituents is 1. The van der Waals surface area contributed by atoms with E-state index in [2.05, 4.69) is 57.2 Å². The van der Waals surface area contributed by atoms with Crippen molar-refractivity contribution in [2.24, 2.45) is 0 Å². The van der Waals surface area contributed by atoms with Gasteiger partial charge in [0.25, 0.3) is 0 Å². The van der Waals surface area contributed by atoms with Crippen LogP contribution in [-0.2, 0) is 37.3 Å². The Morgan fingerprint density at radius 1 is 0.600 bits per heavy atom. The van der Waals surface area contributed by atoms with Gasteiger partial charge in [0.2, 0.25) is 0 Å². The third kappa shape index (κ3) is 8.28. The van der Waals surface area contributed by atoms with E-state index >= 15 is 0 Å². The molecule has 0 amide bonds. The van der Waals surface area contributed by atoms with E-state index in [0.717, 1.165) is 44.6 Å². The Morgan fingerprint density at radius 3 is 1.95 bits per heavy atom. The fourth-order valence-corrected chi connectivity index (χ4v) is 7.75. The topological polar surface area (TPSA) is 50.9 Å². The number of aryl methyl sites for hydroxylation is 1. The molecule has 60 heavy (non-hydrogen) atoms. The molecular formula is C55H54N3OPt-. The van der Waals surface area contributed by atoms with Gasteiger partial charge in [0.15, 0.2) is 0 Å². The molecule has 0 aliphatic carbocycles. The Bertz CT molecular complexity index is 3140. The molecule has 6 aromatic carbocycles. The van der Waals surface area contributed by atoms with Crippen molar-refractivity contribution in [2.45, 2.75) is 85.3 Å². The van der Waals surface area contributed by atoms with Crippen LogP contribution in [0.1, 0.15) is 96.7 Å². The number of phenols is 1. The summed E-state index contributed by atoms with van der Waals surface area (Å²) in [5, 5.41) is 12.3. The average Bonchev–Trinajstić information content (AvgIpc) is 3.65. The van der Waals surface area contributed by atoms with Gasteiger partial charge in [0.1, 0.15) is 11.6 Å². The van der Waals surface area contributed by atoms with E-state index < -0.39 is 31.4 Å². The van der Waals surface area contributed by atoms with Crippen molar-refractivity contribution in [1.29, 1.82) is 0 Å². The molecule has 8 rings (SSSR count). The zero-order chi connectivity index (χ0) is 49.4. The second-order valence-corrected chi connectivity index (χ2v) is 17.5. The smallest absolute Gasteiger partial charge is 0.148 e. The SMILES string of the molecule is [2H]C([2H])([2H])C(c1ccc(-n2c(-c3cc(C)cc(C(C)(C)C)c3O)nc3c(-c4[c-]c(-c5cc(-c6ccccc6)ccn5)cc(C(C)(C)C)c4)cccc32)c(-c2ccccc2)c1)(C([2H])([2H])[2H])C([2H])([2H])[2H].[Pt]. The van der Waals surface area contributed by atoms with Crippen LogP contribution in [0, 0.1) is 13.0 Å². The van der Waals surface area contributed by atoms with Crippen LogP contribution in [0.25, 0.3) is 72.7 Å². The minimum absolute atomic E-state index is 0. The first kappa shape index (κ1) is 32.2. The van der Waals surface area contributed by atoms with Crippen molar-refractivity contribution in [3.05, 3.63) is 168 Å². The van der Waals surface area contributed by atoms with Crippen LogP contribution in [0.4, 0.5) is 0 Å². The Morgan fingerprint density at radius 2 is 1.28 bits per heavy atom. The van der Waals surface area contributed by atoms with Gasteiger partial charge < -0.3 is 5.11 Å². The van der Waals surface area contributed by atoms with Crippen molar-refractivity contribution < 1.29 is 38.5 Å². The minimum atomic E-state index is -3.48. The quantitative estimate of drug-likeness (QED) is 0.169. The number of rotatable bonds is 6. The number of fused-ring (bicyclic) bond motifs is 1. The van der Waals surface area contributed by atoms with Gasteiger partial charge in [-0.2, -0.15) is 0 Å². The van der Waals surface area contributed by atoms with Gasteiger partial charge >= 0.3 is 0 Å². The van der Waals surface area contributed by atoms with Gasteiger partial charge in [-0.1, -0.05) is 164 Å². The largest absolute Gasteiger partial charge is 0.507 e. The van der Waals surface area contributed by atoms with E-state index in [1.165, 1.54) is 12.1 Å². The van der Waals surface area contributed by atoms with Crippen LogP contribution < -0.4 is 0 Å². The van der Waals surface area contributed by atoms with Crippen molar-refractivity contribution in [3.63, 3.8) is 0 Å². The molecule has 0 spiro atoms. The van der Waals surface area contributed by atoms with Gasteiger partial charge in [-0.05, 0) is 81.3 Å². The first-order valence-electron chi connectivity index (χ1n) is 24.4. The number of hydrogen-bond acceptors (Lipinski definition) is 3. The molecule has 0 unspecified atom stereocenters. The first-order chi connectivity index (χ1) is 31.7. The number of nitrogens with zero attached hydrogens (tertiary/aromatic N) is 3. The normalized spacial score (nSPS) is 14.9. The molecule has 0 bridgehead atoms. The van der Waals surface area contributed by atoms with Crippen molar-refractivity contribution in [2.75, 3.05) is 0 Å². The van der Waals surface area contributed by atoms with Gasteiger partial charge in [-0.15, -0.1) is 29.3 Å². The third-order valence-electron chi connectivity index (χ3n) is 10.9. The van der Waals surface area contributed by atoms with E-state index in [4.69, 9.17) is 22.3 Å². The number of aromatic nitrogens is 3. The van der Waals surface area contributed by atoms with Crippen LogP contribution in [0.15, 0.2) is 140 Å². The maximum Gasteiger partial charge on any atom is 0.148 e. The Labute approximate surface area is 383 Å². The maximum absolute atomic E-state index is 12.3. The van der Waals surface area contributed by atoms with Crippen LogP contribution in [0.2, 0.25) is 0 Å². The van der Waals surface area contributed by atoms with Crippen molar-refractivity contribution >= 4 is 11.0 Å². The number of aromatic hydroxyl groups is 1. The monoisotopic (exact) mass is 976 g/mol. The second kappa shape index (κ2) is 16.1. The molecule has 306 valence electrons. The summed E-state index contributed by atoms with van der Waals surface area (Å²) in [6.45, 7) is 4.03. The predicted molar refractivity (Wildman–Crippen MR) is 247 cm³/mol. The van der Waals surface area contributed by atoms with Gasteiger partial charge in [0, 0.05) is 56.4 Å². The van der Waals surface area contributed by atoms with Crippen LogP contribution >= 0.6 is 0 Å². The van der Waals surface area contributed by atoms with Crippen molar-refractivity contribution in [1.82, 2.24) is 14.5 Å². The minimum Gasteiger partial charge on any atom is -0.507 e. The molecule has 8 aromatic rings. The molecule has 0 aliphatic rings. The molecule has 4 nitrogen and oxygen atoms in total. The van der Waals surface area contributed by atoms with E-state index in [-0.39, 0.29) is 37.8 Å². The Balaban J connectivity index is 0.00000703. The molecule has 0 saturated carbocycles. The molecular weight excluding hydrogens is 914 g/mol. The Hall–Kier alpha value is -5.57. The molecule has 0 saturated heterocycles. The molecule has 0 fully saturated rings. The molecule has 0 atom stereocenters. The van der Waals surface area contributed by atoms with Crippen LogP contribution in [0.3, 0.4) is 0 Å². The zero-order valence-corrected chi connectivity index (χ0v) is 37.2. The van der Waals surface area contributed by atoms with Crippen molar-refractivity contribution in [3.8, 4) is 67.5 Å². The number of hydrogen-bond donors (Lipinski definition) is 1. The molecule has 5 heteroatoms. The van der Waals surface area contributed by atoms with Gasteiger partial charge in [-0.25, -0.2) is 4.98 Å². The molecule has 2 heterocycles. The Kier molecular flexibility index (Phi) is 8.66. The molecule has 1 N–H and O–H groups in total. The zero-order valence-electron chi connectivity index (χ0n) is 43.9. The fourth-order valence-electron chi connectivity index (χ4n) is 7.75. The van der Waals surface area contributed by atoms with Gasteiger partial charge in [-0.3, -0.25) is 9.55 Å². The standard InChI is InChI=1S/C55H54N3O.Pt/c1-35-28-45(51(59)46(29-35)55(8,9)10)52-57-50-43(22-17-23-49(50)58(52)48-25-24-41(53(2,3)4)34-44(48)37-20-15-12-16-21-37)39-30-40(32-42(31-39)54(5,6)7)47-33-38(26-27-56-47)36-18-13-11-14-19-36;/h11-29,31-34,59H,1-10H3;/q-1;/i2D3,3D3,4D3;. The summed E-state index contributed by atoms with van der Waals surface area (Å²) in [6, 6.07) is 45.0. The summed E-state index contributed by atoms with van der Waals surface area (Å²) in [5.74, 6) is 0.375. The van der Waals surface area contributed by atoms with Gasteiger partial charge in [0.05, 0.1) is 22.3 Å². The first-order valence-corrected chi connectivity index (χ1v) is 19.9. The van der Waals surface area contributed by atoms with Crippen LogP contribution in [-0.4, -0.2) is 19.6 Å². The summed E-state index contributed by atoms with van der Waals surface area (Å²) in [5.41, 5.74) is 6.26. The molecule has 0 radical (unpaired) electrons. The summed E-state index contributed by atoms with van der Waals surface area (Å²) in [6.07, 6.45) is 1.80. The number of benzene rings is 6. The number of imidazole rings is 1. The van der Waals surface area contributed by atoms with E-state index in [1.54, 1.807) is 36.5 Å². The second-order valence-electron chi connectivity index (χ2n) is 17.5. The summed E-state index contributed by atoms with van der Waals surface area (Å²) < 4.78 is 79.0. The summed E-state index contributed by atoms with van der Waals surface area (Å²) in [7, 11) is 0. The average molecular weight is 977 g/mol. The van der Waals surface area contributed by atoms with E-state index in [1.807, 2.05) is 92.9 Å². The maximum atomic E-state index is 12.3. The fraction of sp³-hybridized carbons (Fsp3) is 0.236. The number of para-hydroxylation sites is 1. The summed E-state index contributed by atoms with van der Waals surface area (Å²) >= 11 is 0. The molecule has 0 aliphatic heterocycles. The number of pyridine rings is 1. The third-order valence-corrected chi connectivity index (χ3v) is 10.9. The van der Waals surface area contributed by atoms with E-state index in [0.29, 0.717) is 44.8 Å². The van der Waals surface area contributed by atoms with Crippen LogP contribution in [0.5, 0.6) is 5.75 Å². The molecule has 2 aromatic heterocycles. The summed E-state index contributed by atoms with van der Waals surface area (Å²) in [4.78, 5) is 10.3. The van der Waals surface area contributed by atoms with E-state index in [9.17, 15) is 5.11 Å².